The molecule has 2 N–H and O–H groups in total. The van der Waals surface area contributed by atoms with Crippen LogP contribution in [-0.2, 0) is 11.8 Å². The van der Waals surface area contributed by atoms with E-state index in [1.54, 1.807) is 34.7 Å². The fourth-order valence-electron chi connectivity index (χ4n) is 2.60. The summed E-state index contributed by atoms with van der Waals surface area (Å²) in [5.41, 5.74) is 1.61. The monoisotopic (exact) mass is 340 g/mol. The third-order valence-corrected chi connectivity index (χ3v) is 3.79. The van der Waals surface area contributed by atoms with Crippen LogP contribution >= 0.6 is 0 Å². The van der Waals surface area contributed by atoms with Crippen molar-refractivity contribution in [3.8, 4) is 0 Å². The first-order chi connectivity index (χ1) is 11.8. The van der Waals surface area contributed by atoms with E-state index in [0.29, 0.717) is 17.0 Å². The largest absolute Gasteiger partial charge is 0.307 e. The van der Waals surface area contributed by atoms with Crippen molar-refractivity contribution in [3.63, 3.8) is 0 Å². The van der Waals surface area contributed by atoms with E-state index in [2.05, 4.69) is 20.5 Å². The molecule has 0 aromatic carbocycles. The van der Waals surface area contributed by atoms with Crippen molar-refractivity contribution in [1.29, 1.82) is 0 Å². The molecule has 3 aromatic rings. The zero-order valence-electron chi connectivity index (χ0n) is 14.6. The van der Waals surface area contributed by atoms with Gasteiger partial charge in [0.1, 0.15) is 11.5 Å². The molecule has 0 aliphatic carbocycles. The summed E-state index contributed by atoms with van der Waals surface area (Å²) >= 11 is 0. The molecule has 0 atom stereocenters. The average molecular weight is 340 g/mol. The number of aromatic nitrogens is 5. The highest BCUT2D eigenvalue weighted by Gasteiger charge is 2.09. The Morgan fingerprint density at radius 3 is 2.76 bits per heavy atom. The van der Waals surface area contributed by atoms with E-state index in [0.717, 1.165) is 11.1 Å². The number of carbonyl (C=O) groups excluding carboxylic acids is 1. The normalized spacial score (nSPS) is 11.7. The van der Waals surface area contributed by atoms with Gasteiger partial charge in [0.2, 0.25) is 5.91 Å². The minimum atomic E-state index is -0.333. The second-order valence-corrected chi connectivity index (χ2v) is 6.16. The number of nitrogens with zero attached hydrogens (tertiary/aromatic N) is 4. The zero-order chi connectivity index (χ0) is 18.1. The van der Waals surface area contributed by atoms with E-state index in [1.807, 2.05) is 20.8 Å². The number of nitrogens with one attached hydrogen (secondary N) is 2. The SMILES string of the molecule is Cc1cc(NC(=O)C=Cc2cc3cnn(C(C)C)c3[nH]c2=O)n(C)n1. The van der Waals surface area contributed by atoms with Crippen LogP contribution in [0, 0.1) is 6.92 Å². The van der Waals surface area contributed by atoms with E-state index in [4.69, 9.17) is 0 Å². The molecule has 25 heavy (non-hydrogen) atoms. The van der Waals surface area contributed by atoms with Gasteiger partial charge in [0.05, 0.1) is 11.9 Å². The summed E-state index contributed by atoms with van der Waals surface area (Å²) in [5, 5.41) is 12.0. The fraction of sp³-hybridized carbons (Fsp3) is 0.294. The summed E-state index contributed by atoms with van der Waals surface area (Å²) in [6.07, 6.45) is 4.51. The Morgan fingerprint density at radius 2 is 2.12 bits per heavy atom. The molecule has 3 aromatic heterocycles. The van der Waals surface area contributed by atoms with Crippen LogP contribution in [0.5, 0.6) is 0 Å². The molecule has 0 spiro atoms. The average Bonchev–Trinajstić information content (AvgIpc) is 3.07. The van der Waals surface area contributed by atoms with Crippen LogP contribution in [0.15, 0.2) is 29.2 Å². The number of rotatable bonds is 4. The second kappa shape index (κ2) is 6.39. The predicted octanol–water partition coefficient (Wildman–Crippen LogP) is 2.00. The number of fused-ring (bicyclic) bond motifs is 1. The molecule has 130 valence electrons. The molecular formula is C17H20N6O2. The molecule has 3 rings (SSSR count). The number of hydrogen-bond donors (Lipinski definition) is 2. The highest BCUT2D eigenvalue weighted by Crippen LogP contribution is 2.15. The van der Waals surface area contributed by atoms with Crippen molar-refractivity contribution in [3.05, 3.63) is 46.0 Å². The van der Waals surface area contributed by atoms with Crippen LogP contribution in [-0.4, -0.2) is 30.5 Å². The van der Waals surface area contributed by atoms with E-state index in [-0.39, 0.29) is 17.5 Å². The summed E-state index contributed by atoms with van der Waals surface area (Å²) in [6.45, 7) is 5.82. The van der Waals surface area contributed by atoms with Crippen molar-refractivity contribution in [1.82, 2.24) is 24.5 Å². The number of aryl methyl sites for hydroxylation is 2. The zero-order valence-corrected chi connectivity index (χ0v) is 14.6. The van der Waals surface area contributed by atoms with Gasteiger partial charge >= 0.3 is 0 Å². The first-order valence-electron chi connectivity index (χ1n) is 7.95. The minimum absolute atomic E-state index is 0.141. The van der Waals surface area contributed by atoms with Gasteiger partial charge in [0.15, 0.2) is 0 Å². The van der Waals surface area contributed by atoms with Crippen LogP contribution in [0.3, 0.4) is 0 Å². The lowest BCUT2D eigenvalue weighted by Crippen LogP contribution is -2.14. The lowest BCUT2D eigenvalue weighted by Gasteiger charge is -2.06. The van der Waals surface area contributed by atoms with Crippen LogP contribution in [0.4, 0.5) is 5.82 Å². The maximum atomic E-state index is 12.2. The molecule has 0 saturated heterocycles. The van der Waals surface area contributed by atoms with Crippen LogP contribution in [0.2, 0.25) is 0 Å². The first-order valence-corrected chi connectivity index (χ1v) is 7.95. The van der Waals surface area contributed by atoms with Crippen LogP contribution in [0.1, 0.15) is 31.1 Å². The summed E-state index contributed by atoms with van der Waals surface area (Å²) in [4.78, 5) is 27.1. The quantitative estimate of drug-likeness (QED) is 0.710. The maximum absolute atomic E-state index is 12.2. The molecule has 3 heterocycles. The van der Waals surface area contributed by atoms with E-state index in [1.165, 1.54) is 12.2 Å². The van der Waals surface area contributed by atoms with Crippen LogP contribution in [0.25, 0.3) is 17.1 Å². The second-order valence-electron chi connectivity index (χ2n) is 6.16. The number of anilines is 1. The lowest BCUT2D eigenvalue weighted by molar-refractivity contribution is -0.111. The standard InChI is InChI=1S/C17H20N6O2/c1-10(2)23-16-13(9-18-23)8-12(17(25)20-16)5-6-15(24)19-14-7-11(3)21-22(14)4/h5-10H,1-4H3,(H,19,24)(H,20,25). The number of carbonyl (C=O) groups is 1. The Labute approximate surface area is 144 Å². The lowest BCUT2D eigenvalue weighted by atomic mass is 10.2. The molecule has 0 unspecified atom stereocenters. The Morgan fingerprint density at radius 1 is 1.36 bits per heavy atom. The molecule has 0 fully saturated rings. The first kappa shape index (κ1) is 16.7. The maximum Gasteiger partial charge on any atom is 0.256 e. The van der Waals surface area contributed by atoms with Crippen LogP contribution < -0.4 is 10.9 Å². The molecule has 0 aliphatic heterocycles. The van der Waals surface area contributed by atoms with Gasteiger partial charge < -0.3 is 10.3 Å². The Balaban J connectivity index is 1.83. The molecule has 8 nitrogen and oxygen atoms in total. The number of hydrogen-bond acceptors (Lipinski definition) is 4. The van der Waals surface area contributed by atoms with E-state index < -0.39 is 0 Å². The van der Waals surface area contributed by atoms with Gasteiger partial charge in [-0.15, -0.1) is 0 Å². The van der Waals surface area contributed by atoms with E-state index >= 15 is 0 Å². The van der Waals surface area contributed by atoms with Crippen molar-refractivity contribution in [2.45, 2.75) is 26.8 Å². The third kappa shape index (κ3) is 3.37. The number of H-pyrrole nitrogens is 1. The van der Waals surface area contributed by atoms with Gasteiger partial charge in [0.25, 0.3) is 5.56 Å². The van der Waals surface area contributed by atoms with Crippen molar-refractivity contribution in [2.75, 3.05) is 5.32 Å². The van der Waals surface area contributed by atoms with Gasteiger partial charge in [-0.25, -0.2) is 4.68 Å². The molecule has 1 amide bonds. The summed E-state index contributed by atoms with van der Waals surface area (Å²) in [7, 11) is 1.75. The van der Waals surface area contributed by atoms with Gasteiger partial charge in [0, 0.05) is 36.2 Å². The van der Waals surface area contributed by atoms with Gasteiger partial charge in [-0.2, -0.15) is 10.2 Å². The number of amides is 1. The minimum Gasteiger partial charge on any atom is -0.307 e. The van der Waals surface area contributed by atoms with Crippen molar-refractivity contribution >= 4 is 28.8 Å². The topological polar surface area (TPSA) is 97.6 Å². The summed E-state index contributed by atoms with van der Waals surface area (Å²) in [6, 6.07) is 3.63. The van der Waals surface area contributed by atoms with Gasteiger partial charge in [-0.05, 0) is 32.9 Å². The predicted molar refractivity (Wildman–Crippen MR) is 96.3 cm³/mol. The fourth-order valence-corrected chi connectivity index (χ4v) is 2.60. The Kier molecular flexibility index (Phi) is 4.26. The summed E-state index contributed by atoms with van der Waals surface area (Å²) in [5.74, 6) is 0.259. The molecule has 0 bridgehead atoms. The summed E-state index contributed by atoms with van der Waals surface area (Å²) < 4.78 is 3.34. The van der Waals surface area contributed by atoms with Gasteiger partial charge in [-0.1, -0.05) is 0 Å². The molecule has 8 heteroatoms. The Hall–Kier alpha value is -3.16. The Bertz CT molecular complexity index is 1020. The molecule has 0 saturated carbocycles. The number of aromatic amines is 1. The number of pyridine rings is 1. The van der Waals surface area contributed by atoms with Crippen molar-refractivity contribution in [2.24, 2.45) is 7.05 Å². The molecule has 0 aliphatic rings. The van der Waals surface area contributed by atoms with E-state index in [9.17, 15) is 9.59 Å². The smallest absolute Gasteiger partial charge is 0.256 e. The molecular weight excluding hydrogens is 320 g/mol. The highest BCUT2D eigenvalue weighted by molar-refractivity contribution is 6.01. The van der Waals surface area contributed by atoms with Gasteiger partial charge in [-0.3, -0.25) is 14.3 Å². The molecule has 0 radical (unpaired) electrons. The highest BCUT2D eigenvalue weighted by atomic mass is 16.1. The third-order valence-electron chi connectivity index (χ3n) is 3.79. The van der Waals surface area contributed by atoms with Crippen molar-refractivity contribution < 1.29 is 4.79 Å².